The number of carbonyl (C=O) groups is 4. The third kappa shape index (κ3) is 16.4. The van der Waals surface area contributed by atoms with E-state index in [1.807, 2.05) is 91.8 Å². The molecule has 0 radical (unpaired) electrons. The average molecular weight is 1590 g/mol. The fourth-order valence-electron chi connectivity index (χ4n) is 17.4. The molecule has 4 saturated carbocycles. The van der Waals surface area contributed by atoms with Crippen LogP contribution in [0.3, 0.4) is 0 Å². The first kappa shape index (κ1) is 77.1. The molecule has 20 rings (SSSR count). The van der Waals surface area contributed by atoms with Crippen LogP contribution in [0.2, 0.25) is 0 Å². The largest absolute Gasteiger partial charge is 0.458 e. The van der Waals surface area contributed by atoms with Gasteiger partial charge in [-0.25, -0.2) is 69.2 Å². The summed E-state index contributed by atoms with van der Waals surface area (Å²) < 4.78 is 38.9. The van der Waals surface area contributed by atoms with Crippen LogP contribution in [0, 0.1) is 64.1 Å². The normalized spacial score (nSPS) is 22.6. The van der Waals surface area contributed by atoms with E-state index in [1.165, 1.54) is 34.1 Å². The van der Waals surface area contributed by atoms with Crippen molar-refractivity contribution in [2.75, 3.05) is 26.2 Å². The Morgan fingerprint density at radius 3 is 1.22 bits per heavy atom. The second-order valence-corrected chi connectivity index (χ2v) is 31.1. The first-order chi connectivity index (χ1) is 57.5. The van der Waals surface area contributed by atoms with Gasteiger partial charge in [0.25, 0.3) is 23.6 Å². The van der Waals surface area contributed by atoms with E-state index in [0.717, 1.165) is 97.8 Å². The van der Waals surface area contributed by atoms with Gasteiger partial charge in [-0.2, -0.15) is 25.2 Å². The lowest BCUT2D eigenvalue weighted by Gasteiger charge is -2.33. The summed E-state index contributed by atoms with van der Waals surface area (Å²) in [6.07, 6.45) is 36.1. The molecule has 33 heteroatoms. The molecule has 4 aliphatic heterocycles. The number of halogens is 1. The molecule has 12 aromatic rings. The smallest absolute Gasteiger partial charge is 0.316 e. The topological polar surface area (TPSA) is 360 Å². The predicted octanol–water partition coefficient (Wildman–Crippen LogP) is 9.74. The molecule has 600 valence electrons. The summed E-state index contributed by atoms with van der Waals surface area (Å²) in [4.78, 5) is 124. The molecular formula is C85H85FN24O8. The Bertz CT molecular complexity index is 5560. The number of likely N-dealkylation sites (tertiary alicyclic amines) is 4. The van der Waals surface area contributed by atoms with Crippen molar-refractivity contribution < 1.29 is 42.5 Å². The number of rotatable bonds is 17. The molecule has 10 aromatic heterocycles. The summed E-state index contributed by atoms with van der Waals surface area (Å²) in [6, 6.07) is 22.2. The maximum atomic E-state index is 14.7. The van der Waals surface area contributed by atoms with Crippen molar-refractivity contribution in [1.29, 1.82) is 0 Å². The number of para-hydroxylation sites is 1. The third-order valence-electron chi connectivity index (χ3n) is 22.8. The molecule has 8 bridgehead atoms. The highest BCUT2D eigenvalue weighted by Crippen LogP contribution is 2.45. The van der Waals surface area contributed by atoms with Crippen LogP contribution in [0.1, 0.15) is 133 Å². The summed E-state index contributed by atoms with van der Waals surface area (Å²) in [5.74, 6) is 1.33. The van der Waals surface area contributed by atoms with Gasteiger partial charge >= 0.3 is 24.0 Å². The molecule has 4 amide bonds. The molecule has 0 N–H and O–H groups in total. The van der Waals surface area contributed by atoms with E-state index in [0.29, 0.717) is 107 Å². The van der Waals surface area contributed by atoms with Crippen molar-refractivity contribution in [2.45, 2.75) is 148 Å². The van der Waals surface area contributed by atoms with E-state index in [1.54, 1.807) is 116 Å². The van der Waals surface area contributed by atoms with Gasteiger partial charge in [-0.1, -0.05) is 25.1 Å². The Kier molecular flexibility index (Phi) is 22.1. The Hall–Kier alpha value is -13.5. The average Bonchev–Trinajstić information content (AvgIpc) is 1.60. The molecule has 8 aliphatic rings. The van der Waals surface area contributed by atoms with Gasteiger partial charge in [-0.15, -0.1) is 4.80 Å². The zero-order chi connectivity index (χ0) is 81.1. The molecule has 12 atom stereocenters. The van der Waals surface area contributed by atoms with E-state index in [9.17, 15) is 23.6 Å². The van der Waals surface area contributed by atoms with Crippen LogP contribution in [0.5, 0.6) is 24.0 Å². The number of hydrogen-bond donors (Lipinski definition) is 0. The molecule has 4 saturated heterocycles. The summed E-state index contributed by atoms with van der Waals surface area (Å²) in [6.45, 7) is 14.5. The zero-order valence-corrected chi connectivity index (χ0v) is 65.7. The minimum atomic E-state index is -0.516. The van der Waals surface area contributed by atoms with E-state index < -0.39 is 5.82 Å². The molecule has 14 heterocycles. The first-order valence-corrected chi connectivity index (χ1v) is 39.7. The molecular weight excluding hydrogens is 1500 g/mol. The minimum Gasteiger partial charge on any atom is -0.458 e. The Morgan fingerprint density at radius 2 is 0.771 bits per heavy atom. The SMILES string of the molecule is CCc1cnc(OC2CC3CC2N(C(=O)c2ccccc2-n2nccn2)C3)nc1.Cc1cnc(OC2CC3CC2N(C(=O)c2cccc(F)c2-c2ncccn2)C3)nc1.Cc1cnc(OC2CC3CC2N(C(=O)c2nc(C)ccc2-n2nccn2)C3)nc1.Cc1cnc(OC2CC3CC2N(C(=O)c2ncc(C)cc2-c2ncccn2)C3)nc1. The minimum absolute atomic E-state index is 0.0130. The van der Waals surface area contributed by atoms with Crippen molar-refractivity contribution in [1.82, 2.24) is 119 Å². The van der Waals surface area contributed by atoms with Gasteiger partial charge in [0.05, 0.1) is 76.9 Å². The molecule has 4 aliphatic carbocycles. The number of ether oxygens (including phenoxy) is 4. The fourth-order valence-corrected chi connectivity index (χ4v) is 17.4. The highest BCUT2D eigenvalue weighted by atomic mass is 19.1. The van der Waals surface area contributed by atoms with Crippen LogP contribution in [-0.2, 0) is 6.42 Å². The number of aryl methyl sites for hydroxylation is 6. The monoisotopic (exact) mass is 1590 g/mol. The molecule has 8 fully saturated rings. The number of nitrogens with zero attached hydrogens (tertiary/aromatic N) is 24. The van der Waals surface area contributed by atoms with Crippen molar-refractivity contribution in [3.8, 4) is 58.2 Å². The Morgan fingerprint density at radius 1 is 0.381 bits per heavy atom. The molecule has 2 aromatic carbocycles. The lowest BCUT2D eigenvalue weighted by molar-refractivity contribution is 0.0445. The maximum Gasteiger partial charge on any atom is 0.316 e. The fraction of sp³-hybridized carbons (Fsp3) is 0.365. The third-order valence-corrected chi connectivity index (χ3v) is 22.8. The van der Waals surface area contributed by atoms with Gasteiger partial charge in [0.1, 0.15) is 41.6 Å². The Labute approximate surface area is 678 Å². The number of piperidine rings is 4. The number of benzene rings is 2. The van der Waals surface area contributed by atoms with Crippen molar-refractivity contribution in [2.24, 2.45) is 23.7 Å². The second-order valence-electron chi connectivity index (χ2n) is 31.1. The molecule has 12 unspecified atom stereocenters. The van der Waals surface area contributed by atoms with Crippen LogP contribution < -0.4 is 18.9 Å². The number of fused-ring (bicyclic) bond motifs is 8. The zero-order valence-electron chi connectivity index (χ0n) is 65.7. The van der Waals surface area contributed by atoms with Crippen LogP contribution >= 0.6 is 0 Å². The number of pyridine rings is 2. The van der Waals surface area contributed by atoms with Gasteiger partial charge in [0.2, 0.25) is 0 Å². The lowest BCUT2D eigenvalue weighted by Crippen LogP contribution is -2.47. The number of hydrogen-bond acceptors (Lipinski definition) is 26. The highest BCUT2D eigenvalue weighted by Gasteiger charge is 2.53. The van der Waals surface area contributed by atoms with Crippen LogP contribution in [0.15, 0.2) is 178 Å². The quantitative estimate of drug-likeness (QED) is 0.0818. The standard InChI is InChI=1S/C22H20FN5O2.C22H22N6O2.C21H22N6O2.C20H21N7O2/c1-13-10-26-22(27-11-13)30-18-9-14-8-17(18)28(12-14)21(29)15-4-2-5-16(23)19(15)20-24-6-3-7-25-20;1-13-6-16(20-23-4-3-5-24-20)19(25-9-13)21(29)28-12-15-7-17(28)18(8-15)30-22-26-10-14(2)11-27-22;1-2-14-11-22-21(23-12-14)29-19-10-15-9-18(19)26(13-15)20(28)16-5-3-4-6-17(16)27-24-7-8-25-27;1-12-9-21-20(22-10-12)29-17-8-14-7-16(17)26(11-14)19(28)18-15(4-3-13(2)25-18)27-23-5-6-24-27/h2-7,10-11,14,17-18H,8-9,12H2,1H3;3-6,9-11,15,17-18H,7-8,12H2,1-2H3;3-8,11-12,15,18-19H,2,9-10,13H2,1H3;3-6,9-10,14,16-17H,7-8,11H2,1-2H3. The Balaban J connectivity index is 0.000000113. The molecule has 118 heavy (non-hydrogen) atoms. The van der Waals surface area contributed by atoms with Crippen LogP contribution in [0.25, 0.3) is 34.2 Å². The second kappa shape index (κ2) is 33.8. The lowest BCUT2D eigenvalue weighted by atomic mass is 10.0. The summed E-state index contributed by atoms with van der Waals surface area (Å²) >= 11 is 0. The summed E-state index contributed by atoms with van der Waals surface area (Å²) in [5, 5.41) is 16.7. The van der Waals surface area contributed by atoms with Crippen molar-refractivity contribution in [3.05, 3.63) is 240 Å². The van der Waals surface area contributed by atoms with E-state index in [4.69, 9.17) is 18.9 Å². The van der Waals surface area contributed by atoms with Gasteiger partial charge in [-0.05, 0) is 198 Å². The van der Waals surface area contributed by atoms with Crippen molar-refractivity contribution >= 4 is 23.6 Å². The van der Waals surface area contributed by atoms with Crippen LogP contribution in [-0.4, -0.2) is 218 Å². The van der Waals surface area contributed by atoms with Crippen LogP contribution in [0.4, 0.5) is 4.39 Å². The van der Waals surface area contributed by atoms with E-state index in [2.05, 4.69) is 97.1 Å². The van der Waals surface area contributed by atoms with Gasteiger partial charge in [0, 0.05) is 112 Å². The maximum absolute atomic E-state index is 14.7. The number of aromatic nitrogens is 20. The first-order valence-electron chi connectivity index (χ1n) is 39.7. The molecule has 0 spiro atoms. The summed E-state index contributed by atoms with van der Waals surface area (Å²) in [7, 11) is 0. The predicted molar refractivity (Wildman–Crippen MR) is 422 cm³/mol. The van der Waals surface area contributed by atoms with Crippen molar-refractivity contribution in [3.63, 3.8) is 0 Å². The van der Waals surface area contributed by atoms with E-state index >= 15 is 0 Å². The number of amides is 4. The van der Waals surface area contributed by atoms with E-state index in [-0.39, 0.29) is 89.2 Å². The van der Waals surface area contributed by atoms with Gasteiger partial charge in [0.15, 0.2) is 17.3 Å². The van der Waals surface area contributed by atoms with Gasteiger partial charge < -0.3 is 38.5 Å². The molecule has 32 nitrogen and oxygen atoms in total. The highest BCUT2D eigenvalue weighted by molar-refractivity contribution is 6.01. The number of carbonyl (C=O) groups excluding carboxylic acids is 4. The summed E-state index contributed by atoms with van der Waals surface area (Å²) in [5.41, 5.74) is 9.35. The van der Waals surface area contributed by atoms with Gasteiger partial charge in [-0.3, -0.25) is 24.2 Å².